The quantitative estimate of drug-likeness (QED) is 0.846. The van der Waals surface area contributed by atoms with Gasteiger partial charge in [-0.25, -0.2) is 0 Å². The first-order chi connectivity index (χ1) is 12.3. The van der Waals surface area contributed by atoms with E-state index in [1.165, 1.54) is 5.69 Å². The Morgan fingerprint density at radius 1 is 1.08 bits per heavy atom. The van der Waals surface area contributed by atoms with E-state index in [1.807, 2.05) is 0 Å². The molecule has 1 aromatic rings. The maximum Gasteiger partial charge on any atom is 0.312 e. The van der Waals surface area contributed by atoms with Gasteiger partial charge in [-0.3, -0.25) is 9.69 Å². The van der Waals surface area contributed by atoms with Gasteiger partial charge in [-0.15, -0.1) is 0 Å². The maximum atomic E-state index is 12.3. The van der Waals surface area contributed by atoms with Gasteiger partial charge in [0.05, 0.1) is 5.41 Å². The van der Waals surface area contributed by atoms with Crippen molar-refractivity contribution in [1.82, 2.24) is 10.2 Å². The van der Waals surface area contributed by atoms with Gasteiger partial charge in [0.2, 0.25) is 0 Å². The first-order valence-corrected chi connectivity index (χ1v) is 9.69. The molecule has 0 bridgehead atoms. The Kier molecular flexibility index (Phi) is 4.95. The summed E-state index contributed by atoms with van der Waals surface area (Å²) in [6.45, 7) is 7.25. The van der Waals surface area contributed by atoms with Gasteiger partial charge in [-0.05, 0) is 44.5 Å². The molecule has 3 fully saturated rings. The average Bonchev–Trinajstić information content (AvgIpc) is 2.97. The van der Waals surface area contributed by atoms with Crippen molar-refractivity contribution in [2.75, 3.05) is 50.7 Å². The Morgan fingerprint density at radius 3 is 2.52 bits per heavy atom. The maximum absolute atomic E-state index is 12.3. The van der Waals surface area contributed by atoms with Crippen molar-refractivity contribution in [1.29, 1.82) is 0 Å². The molecule has 0 radical (unpaired) electrons. The summed E-state index contributed by atoms with van der Waals surface area (Å²) in [5.74, 6) is 0.0629. The number of rotatable bonds is 4. The molecular weight excluding hydrogens is 314 g/mol. The SMILES string of the molecule is O=C1OC(CCN2CCN(c3ccccc3)CC2)CC12CCNCC2. The fourth-order valence-electron chi connectivity index (χ4n) is 4.51. The number of esters is 1. The number of hydrogen-bond acceptors (Lipinski definition) is 5. The van der Waals surface area contributed by atoms with Gasteiger partial charge >= 0.3 is 5.97 Å². The summed E-state index contributed by atoms with van der Waals surface area (Å²) in [6, 6.07) is 10.6. The summed E-state index contributed by atoms with van der Waals surface area (Å²) in [4.78, 5) is 17.3. The summed E-state index contributed by atoms with van der Waals surface area (Å²) in [5, 5.41) is 3.35. The number of anilines is 1. The Hall–Kier alpha value is -1.59. The number of carbonyl (C=O) groups excluding carboxylic acids is 1. The van der Waals surface area contributed by atoms with Crippen LogP contribution in [0.5, 0.6) is 0 Å². The fraction of sp³-hybridized carbons (Fsp3) is 0.650. The lowest BCUT2D eigenvalue weighted by molar-refractivity contribution is -0.150. The number of hydrogen-bond donors (Lipinski definition) is 1. The summed E-state index contributed by atoms with van der Waals surface area (Å²) >= 11 is 0. The van der Waals surface area contributed by atoms with Crippen molar-refractivity contribution >= 4 is 11.7 Å². The van der Waals surface area contributed by atoms with E-state index in [9.17, 15) is 4.79 Å². The van der Waals surface area contributed by atoms with Crippen LogP contribution in [0, 0.1) is 5.41 Å². The Balaban J connectivity index is 1.23. The van der Waals surface area contributed by atoms with Crippen molar-refractivity contribution in [2.24, 2.45) is 5.41 Å². The fourth-order valence-corrected chi connectivity index (χ4v) is 4.51. The largest absolute Gasteiger partial charge is 0.462 e. The molecule has 1 spiro atoms. The second kappa shape index (κ2) is 7.34. The molecular formula is C20H29N3O2. The minimum Gasteiger partial charge on any atom is -0.462 e. The van der Waals surface area contributed by atoms with Gasteiger partial charge < -0.3 is 15.0 Å². The topological polar surface area (TPSA) is 44.8 Å². The molecule has 136 valence electrons. The third-order valence-corrected chi connectivity index (χ3v) is 6.15. The number of nitrogens with one attached hydrogen (secondary N) is 1. The Labute approximate surface area is 150 Å². The van der Waals surface area contributed by atoms with Gasteiger partial charge in [0, 0.05) is 44.8 Å². The first-order valence-electron chi connectivity index (χ1n) is 9.69. The number of nitrogens with zero attached hydrogens (tertiary/aromatic N) is 2. The number of benzene rings is 1. The van der Waals surface area contributed by atoms with E-state index in [1.54, 1.807) is 0 Å². The van der Waals surface area contributed by atoms with Crippen molar-refractivity contribution in [3.63, 3.8) is 0 Å². The van der Waals surface area contributed by atoms with E-state index in [2.05, 4.69) is 45.4 Å². The number of carbonyl (C=O) groups is 1. The molecule has 0 saturated carbocycles. The summed E-state index contributed by atoms with van der Waals surface area (Å²) < 4.78 is 5.73. The van der Waals surface area contributed by atoms with Crippen LogP contribution in [0.3, 0.4) is 0 Å². The van der Waals surface area contributed by atoms with Crippen molar-refractivity contribution in [3.05, 3.63) is 30.3 Å². The van der Waals surface area contributed by atoms with Crippen LogP contribution in [0.2, 0.25) is 0 Å². The highest BCUT2D eigenvalue weighted by atomic mass is 16.6. The molecule has 1 unspecified atom stereocenters. The predicted octanol–water partition coefficient (Wildman–Crippen LogP) is 1.88. The molecule has 5 heteroatoms. The van der Waals surface area contributed by atoms with Gasteiger partial charge in [0.15, 0.2) is 0 Å². The van der Waals surface area contributed by atoms with Gasteiger partial charge in [0.25, 0.3) is 0 Å². The predicted molar refractivity (Wildman–Crippen MR) is 98.7 cm³/mol. The molecule has 1 aromatic carbocycles. The number of cyclic esters (lactones) is 1. The second-order valence-electron chi connectivity index (χ2n) is 7.71. The molecule has 4 rings (SSSR count). The van der Waals surface area contributed by atoms with Crippen LogP contribution in [0.1, 0.15) is 25.7 Å². The van der Waals surface area contributed by atoms with Crippen LogP contribution in [-0.4, -0.2) is 62.8 Å². The van der Waals surface area contributed by atoms with E-state index in [0.29, 0.717) is 0 Å². The molecule has 3 saturated heterocycles. The zero-order valence-electron chi connectivity index (χ0n) is 15.0. The summed E-state index contributed by atoms with van der Waals surface area (Å²) in [6.07, 6.45) is 3.91. The minimum absolute atomic E-state index is 0.0629. The van der Waals surface area contributed by atoms with Gasteiger partial charge in [0.1, 0.15) is 6.10 Å². The third kappa shape index (κ3) is 3.67. The van der Waals surface area contributed by atoms with Crippen LogP contribution < -0.4 is 10.2 Å². The van der Waals surface area contributed by atoms with Crippen LogP contribution in [0.4, 0.5) is 5.69 Å². The molecule has 3 aliphatic rings. The number of para-hydroxylation sites is 1. The smallest absolute Gasteiger partial charge is 0.312 e. The molecule has 0 amide bonds. The highest BCUT2D eigenvalue weighted by molar-refractivity contribution is 5.79. The van der Waals surface area contributed by atoms with Crippen LogP contribution in [-0.2, 0) is 9.53 Å². The highest BCUT2D eigenvalue weighted by Crippen LogP contribution is 2.42. The molecule has 5 nitrogen and oxygen atoms in total. The molecule has 0 aromatic heterocycles. The molecule has 25 heavy (non-hydrogen) atoms. The van der Waals surface area contributed by atoms with Crippen LogP contribution >= 0.6 is 0 Å². The van der Waals surface area contributed by atoms with E-state index in [4.69, 9.17) is 4.74 Å². The van der Waals surface area contributed by atoms with Crippen molar-refractivity contribution in [3.8, 4) is 0 Å². The van der Waals surface area contributed by atoms with Crippen molar-refractivity contribution in [2.45, 2.75) is 31.8 Å². The number of piperidine rings is 1. The number of ether oxygens (including phenoxy) is 1. The van der Waals surface area contributed by atoms with E-state index < -0.39 is 0 Å². The number of piperazine rings is 1. The van der Waals surface area contributed by atoms with E-state index >= 15 is 0 Å². The molecule has 3 heterocycles. The van der Waals surface area contributed by atoms with Gasteiger partial charge in [-0.2, -0.15) is 0 Å². The third-order valence-electron chi connectivity index (χ3n) is 6.15. The molecule has 3 aliphatic heterocycles. The lowest BCUT2D eigenvalue weighted by atomic mass is 9.76. The van der Waals surface area contributed by atoms with Crippen molar-refractivity contribution < 1.29 is 9.53 Å². The molecule has 1 atom stereocenters. The Morgan fingerprint density at radius 2 is 1.80 bits per heavy atom. The lowest BCUT2D eigenvalue weighted by Gasteiger charge is -2.36. The zero-order valence-corrected chi connectivity index (χ0v) is 15.0. The Bertz CT molecular complexity index is 578. The second-order valence-corrected chi connectivity index (χ2v) is 7.71. The molecule has 0 aliphatic carbocycles. The standard InChI is InChI=1S/C20H29N3O2/c24-19-20(7-9-21-10-8-20)16-18(25-19)6-11-22-12-14-23(15-13-22)17-4-2-1-3-5-17/h1-5,18,21H,6-16H2. The van der Waals surface area contributed by atoms with Crippen LogP contribution in [0.15, 0.2) is 30.3 Å². The minimum atomic E-state index is -0.179. The monoisotopic (exact) mass is 343 g/mol. The first kappa shape index (κ1) is 16.9. The van der Waals surface area contributed by atoms with E-state index in [-0.39, 0.29) is 17.5 Å². The van der Waals surface area contributed by atoms with Crippen LogP contribution in [0.25, 0.3) is 0 Å². The molecule has 1 N–H and O–H groups in total. The zero-order chi connectivity index (χ0) is 17.1. The van der Waals surface area contributed by atoms with E-state index in [0.717, 1.165) is 71.5 Å². The normalized spacial score (nSPS) is 26.8. The average molecular weight is 343 g/mol. The highest BCUT2D eigenvalue weighted by Gasteiger charge is 2.49. The summed E-state index contributed by atoms with van der Waals surface area (Å²) in [5.41, 5.74) is 1.14. The van der Waals surface area contributed by atoms with Gasteiger partial charge in [-0.1, -0.05) is 18.2 Å². The lowest BCUT2D eigenvalue weighted by Crippen LogP contribution is -2.47. The summed E-state index contributed by atoms with van der Waals surface area (Å²) in [7, 11) is 0.